The number of nitrogens with zero attached hydrogens (tertiary/aromatic N) is 2. The Balaban J connectivity index is 1.45. The van der Waals surface area contributed by atoms with Crippen LogP contribution < -0.4 is 5.32 Å². The number of fused-ring (bicyclic) bond motifs is 1. The molecule has 1 fully saturated rings. The van der Waals surface area contributed by atoms with Gasteiger partial charge in [0.25, 0.3) is 10.0 Å². The SMILES string of the molecule is O=C(NCCc1ccc(F)cc1)[C@@H]1CCCN1C1=NS(=O)(=O)c2ccccc21. The zero-order valence-electron chi connectivity index (χ0n) is 15.1. The van der Waals surface area contributed by atoms with Gasteiger partial charge < -0.3 is 10.2 Å². The van der Waals surface area contributed by atoms with E-state index < -0.39 is 16.1 Å². The molecule has 0 radical (unpaired) electrons. The molecule has 2 aromatic rings. The van der Waals surface area contributed by atoms with Crippen molar-refractivity contribution < 1.29 is 17.6 Å². The molecular weight excluding hydrogens is 381 g/mol. The van der Waals surface area contributed by atoms with E-state index in [9.17, 15) is 17.6 Å². The summed E-state index contributed by atoms with van der Waals surface area (Å²) in [7, 11) is -3.71. The van der Waals surface area contributed by atoms with Gasteiger partial charge in [-0.25, -0.2) is 4.39 Å². The molecule has 0 aromatic heterocycles. The lowest BCUT2D eigenvalue weighted by Gasteiger charge is -2.25. The summed E-state index contributed by atoms with van der Waals surface area (Å²) in [5.41, 5.74) is 1.48. The lowest BCUT2D eigenvalue weighted by molar-refractivity contribution is -0.124. The Labute approximate surface area is 163 Å². The smallest absolute Gasteiger partial charge is 0.285 e. The van der Waals surface area contributed by atoms with Crippen LogP contribution in [0.5, 0.6) is 0 Å². The highest BCUT2D eigenvalue weighted by Gasteiger charge is 2.38. The highest BCUT2D eigenvalue weighted by molar-refractivity contribution is 7.90. The number of carbonyl (C=O) groups is 1. The van der Waals surface area contributed by atoms with Crippen molar-refractivity contribution >= 4 is 21.8 Å². The normalized spacial score (nSPS) is 20.0. The average molecular weight is 401 g/mol. The largest absolute Gasteiger partial charge is 0.354 e. The summed E-state index contributed by atoms with van der Waals surface area (Å²) in [5.74, 6) is -0.0853. The molecule has 0 saturated carbocycles. The molecule has 28 heavy (non-hydrogen) atoms. The van der Waals surface area contributed by atoms with E-state index in [1.165, 1.54) is 18.2 Å². The highest BCUT2D eigenvalue weighted by Crippen LogP contribution is 2.31. The van der Waals surface area contributed by atoms with Gasteiger partial charge in [-0.2, -0.15) is 8.42 Å². The van der Waals surface area contributed by atoms with Crippen molar-refractivity contribution in [3.05, 3.63) is 65.5 Å². The van der Waals surface area contributed by atoms with Gasteiger partial charge >= 0.3 is 0 Å². The summed E-state index contributed by atoms with van der Waals surface area (Å²) in [6.45, 7) is 1.01. The lowest BCUT2D eigenvalue weighted by atomic mass is 10.1. The molecule has 146 valence electrons. The maximum absolute atomic E-state index is 13.0. The van der Waals surface area contributed by atoms with E-state index in [1.807, 2.05) is 0 Å². The number of amidine groups is 1. The molecule has 0 unspecified atom stereocenters. The molecule has 6 nitrogen and oxygen atoms in total. The molecule has 1 N–H and O–H groups in total. The predicted molar refractivity (Wildman–Crippen MR) is 103 cm³/mol. The fraction of sp³-hybridized carbons (Fsp3) is 0.300. The standard InChI is InChI=1S/C20H20FN3O3S/c21-15-9-7-14(8-10-15)11-12-22-20(25)17-5-3-13-24(17)19-16-4-1-2-6-18(16)28(26,27)23-19/h1-2,4,6-10,17H,3,5,11-13H2,(H,22,25)/t17-/m0/s1. The summed E-state index contributed by atoms with van der Waals surface area (Å²) >= 11 is 0. The Kier molecular flexibility index (Phi) is 4.89. The number of carbonyl (C=O) groups excluding carboxylic acids is 1. The van der Waals surface area contributed by atoms with Crippen LogP contribution in [0, 0.1) is 5.82 Å². The first kappa shape index (κ1) is 18.6. The van der Waals surface area contributed by atoms with Crippen LogP contribution >= 0.6 is 0 Å². The Bertz CT molecular complexity index is 1030. The summed E-state index contributed by atoms with van der Waals surface area (Å²) in [6.07, 6.45) is 2.03. The molecule has 4 rings (SSSR count). The number of hydrogen-bond acceptors (Lipinski definition) is 4. The van der Waals surface area contributed by atoms with Gasteiger partial charge in [-0.15, -0.1) is 4.40 Å². The van der Waals surface area contributed by atoms with Gasteiger partial charge in [-0.3, -0.25) is 4.79 Å². The molecule has 2 heterocycles. The molecule has 1 saturated heterocycles. The first-order valence-corrected chi connectivity index (χ1v) is 10.6. The maximum atomic E-state index is 13.0. The zero-order valence-corrected chi connectivity index (χ0v) is 16.0. The molecular formula is C20H20FN3O3S. The predicted octanol–water partition coefficient (Wildman–Crippen LogP) is 2.10. The number of nitrogens with one attached hydrogen (secondary N) is 1. The summed E-state index contributed by atoms with van der Waals surface area (Å²) in [6, 6.07) is 12.4. The molecule has 0 spiro atoms. The fourth-order valence-corrected chi connectivity index (χ4v) is 4.90. The monoisotopic (exact) mass is 401 g/mol. The second kappa shape index (κ2) is 7.35. The highest BCUT2D eigenvalue weighted by atomic mass is 32.2. The van der Waals surface area contributed by atoms with Crippen molar-refractivity contribution in [1.29, 1.82) is 0 Å². The number of benzene rings is 2. The maximum Gasteiger partial charge on any atom is 0.285 e. The van der Waals surface area contributed by atoms with Crippen LogP contribution in [0.3, 0.4) is 0 Å². The fourth-order valence-electron chi connectivity index (χ4n) is 3.69. The summed E-state index contributed by atoms with van der Waals surface area (Å²) in [5, 5.41) is 2.91. The molecule has 0 aliphatic carbocycles. The second-order valence-corrected chi connectivity index (χ2v) is 8.48. The van der Waals surface area contributed by atoms with Crippen molar-refractivity contribution in [2.45, 2.75) is 30.2 Å². The zero-order chi connectivity index (χ0) is 19.7. The molecule has 1 atom stereocenters. The van der Waals surface area contributed by atoms with E-state index >= 15 is 0 Å². The van der Waals surface area contributed by atoms with Gasteiger partial charge in [0.15, 0.2) is 5.84 Å². The van der Waals surface area contributed by atoms with Gasteiger partial charge in [-0.05, 0) is 49.1 Å². The minimum Gasteiger partial charge on any atom is -0.354 e. The van der Waals surface area contributed by atoms with Gasteiger partial charge in [0.2, 0.25) is 5.91 Å². The van der Waals surface area contributed by atoms with Crippen LogP contribution in [0.25, 0.3) is 0 Å². The van der Waals surface area contributed by atoms with Crippen molar-refractivity contribution in [2.24, 2.45) is 4.40 Å². The van der Waals surface area contributed by atoms with Crippen molar-refractivity contribution in [3.63, 3.8) is 0 Å². The van der Waals surface area contributed by atoms with Crippen LogP contribution in [0.4, 0.5) is 4.39 Å². The van der Waals surface area contributed by atoms with Crippen molar-refractivity contribution in [1.82, 2.24) is 10.2 Å². The van der Waals surface area contributed by atoms with E-state index in [4.69, 9.17) is 0 Å². The first-order valence-electron chi connectivity index (χ1n) is 9.19. The third kappa shape index (κ3) is 3.52. The van der Waals surface area contributed by atoms with Crippen LogP contribution in [0.15, 0.2) is 57.8 Å². The van der Waals surface area contributed by atoms with E-state index in [1.54, 1.807) is 35.2 Å². The number of rotatable bonds is 4. The number of halogens is 1. The third-order valence-electron chi connectivity index (χ3n) is 5.07. The van der Waals surface area contributed by atoms with Gasteiger partial charge in [-0.1, -0.05) is 24.3 Å². The van der Waals surface area contributed by atoms with E-state index in [0.29, 0.717) is 37.3 Å². The Morgan fingerprint density at radius 1 is 1.18 bits per heavy atom. The topological polar surface area (TPSA) is 78.8 Å². The van der Waals surface area contributed by atoms with E-state index in [2.05, 4.69) is 9.71 Å². The number of sulfonamides is 1. The Hall–Kier alpha value is -2.74. The Morgan fingerprint density at radius 2 is 1.93 bits per heavy atom. The minimum atomic E-state index is -3.71. The second-order valence-electron chi connectivity index (χ2n) is 6.91. The van der Waals surface area contributed by atoms with Crippen LogP contribution in [0.2, 0.25) is 0 Å². The summed E-state index contributed by atoms with van der Waals surface area (Å²) in [4.78, 5) is 14.7. The first-order chi connectivity index (χ1) is 13.5. The number of hydrogen-bond donors (Lipinski definition) is 1. The molecule has 1 amide bonds. The van der Waals surface area contributed by atoms with Crippen molar-refractivity contribution in [3.8, 4) is 0 Å². The van der Waals surface area contributed by atoms with Crippen molar-refractivity contribution in [2.75, 3.05) is 13.1 Å². The number of likely N-dealkylation sites (tertiary alicyclic amines) is 1. The van der Waals surface area contributed by atoms with Gasteiger partial charge in [0.05, 0.1) is 0 Å². The third-order valence-corrected chi connectivity index (χ3v) is 6.39. The Morgan fingerprint density at radius 3 is 2.71 bits per heavy atom. The summed E-state index contributed by atoms with van der Waals surface area (Å²) < 4.78 is 41.5. The van der Waals surface area contributed by atoms with Crippen LogP contribution in [-0.2, 0) is 21.2 Å². The average Bonchev–Trinajstić information content (AvgIpc) is 3.26. The lowest BCUT2D eigenvalue weighted by Crippen LogP contribution is -2.46. The van der Waals surface area contributed by atoms with E-state index in [0.717, 1.165) is 12.0 Å². The molecule has 0 bridgehead atoms. The minimum absolute atomic E-state index is 0.149. The molecule has 2 aliphatic heterocycles. The van der Waals surface area contributed by atoms with Gasteiger partial charge in [0, 0.05) is 18.7 Å². The van der Waals surface area contributed by atoms with Crippen LogP contribution in [-0.4, -0.2) is 44.2 Å². The molecule has 2 aliphatic rings. The number of amides is 1. The quantitative estimate of drug-likeness (QED) is 0.851. The molecule has 2 aromatic carbocycles. The van der Waals surface area contributed by atoms with Gasteiger partial charge in [0.1, 0.15) is 16.8 Å². The van der Waals surface area contributed by atoms with E-state index in [-0.39, 0.29) is 16.6 Å². The van der Waals surface area contributed by atoms with Crippen LogP contribution in [0.1, 0.15) is 24.0 Å². The molecule has 8 heteroatoms.